The van der Waals surface area contributed by atoms with Crippen LogP contribution in [0, 0.1) is 11.3 Å². The van der Waals surface area contributed by atoms with Crippen molar-refractivity contribution in [1.29, 1.82) is 0 Å². The summed E-state index contributed by atoms with van der Waals surface area (Å²) in [7, 11) is 1.56. The van der Waals surface area contributed by atoms with Gasteiger partial charge < -0.3 is 15.3 Å². The van der Waals surface area contributed by atoms with Crippen LogP contribution in [0.1, 0.15) is 26.7 Å². The van der Waals surface area contributed by atoms with E-state index in [9.17, 15) is 14.4 Å². The van der Waals surface area contributed by atoms with Crippen molar-refractivity contribution in [2.24, 2.45) is 11.3 Å². The molecule has 2 amide bonds. The van der Waals surface area contributed by atoms with E-state index >= 15 is 0 Å². The first kappa shape index (κ1) is 14.5. The van der Waals surface area contributed by atoms with Crippen LogP contribution in [-0.2, 0) is 14.4 Å². The first-order chi connectivity index (χ1) is 8.30. The summed E-state index contributed by atoms with van der Waals surface area (Å²) in [4.78, 5) is 36.2. The zero-order chi connectivity index (χ0) is 13.9. The molecular weight excluding hydrogens is 236 g/mol. The number of amides is 2. The molecule has 0 radical (unpaired) electrons. The lowest BCUT2D eigenvalue weighted by atomic mass is 9.89. The number of carbonyl (C=O) groups excluding carboxylic acids is 2. The molecule has 1 unspecified atom stereocenters. The number of nitrogens with one attached hydrogen (secondary N) is 1. The number of hydrogen-bond donors (Lipinski definition) is 2. The van der Waals surface area contributed by atoms with Gasteiger partial charge in [-0.2, -0.15) is 0 Å². The molecule has 1 rings (SSSR count). The van der Waals surface area contributed by atoms with Gasteiger partial charge >= 0.3 is 5.97 Å². The zero-order valence-corrected chi connectivity index (χ0v) is 11.0. The van der Waals surface area contributed by atoms with Crippen molar-refractivity contribution in [3.8, 4) is 0 Å². The Morgan fingerprint density at radius 2 is 1.94 bits per heavy atom. The van der Waals surface area contributed by atoms with E-state index in [1.54, 1.807) is 7.05 Å². The summed E-state index contributed by atoms with van der Waals surface area (Å²) in [5.41, 5.74) is -1.44. The molecule has 0 saturated carbocycles. The van der Waals surface area contributed by atoms with Crippen LogP contribution in [-0.4, -0.2) is 47.9 Å². The molecule has 6 nitrogen and oxygen atoms in total. The maximum atomic E-state index is 12.1. The molecule has 102 valence electrons. The van der Waals surface area contributed by atoms with Crippen LogP contribution in [0.5, 0.6) is 0 Å². The molecule has 0 spiro atoms. The number of aliphatic carboxylic acids is 1. The van der Waals surface area contributed by atoms with Gasteiger partial charge in [-0.15, -0.1) is 0 Å². The van der Waals surface area contributed by atoms with Gasteiger partial charge in [-0.05, 0) is 26.7 Å². The number of piperidine rings is 1. The Morgan fingerprint density at radius 3 is 2.44 bits per heavy atom. The van der Waals surface area contributed by atoms with E-state index in [0.29, 0.717) is 13.1 Å². The predicted octanol–water partition coefficient (Wildman–Crippen LogP) is 0.0818. The standard InChI is InChI=1S/C12H20N2O4/c1-12(2,11(17)18)10(16)14-6-4-5-8(7-14)9(15)13-3/h8H,4-7H2,1-3H3,(H,13,15)(H,17,18). The van der Waals surface area contributed by atoms with Crippen LogP contribution in [0.15, 0.2) is 0 Å². The number of rotatable bonds is 3. The maximum Gasteiger partial charge on any atom is 0.318 e. The van der Waals surface area contributed by atoms with Crippen molar-refractivity contribution < 1.29 is 19.5 Å². The highest BCUT2D eigenvalue weighted by Gasteiger charge is 2.41. The Balaban J connectivity index is 2.76. The average Bonchev–Trinajstić information content (AvgIpc) is 2.36. The minimum Gasteiger partial charge on any atom is -0.480 e. The molecule has 1 fully saturated rings. The van der Waals surface area contributed by atoms with E-state index in [-0.39, 0.29) is 11.8 Å². The summed E-state index contributed by atoms with van der Waals surface area (Å²) in [5.74, 6) is -1.91. The second-order valence-electron chi connectivity index (χ2n) is 5.13. The monoisotopic (exact) mass is 256 g/mol. The molecular formula is C12H20N2O4. The summed E-state index contributed by atoms with van der Waals surface area (Å²) >= 11 is 0. The minimum absolute atomic E-state index is 0.0966. The summed E-state index contributed by atoms with van der Waals surface area (Å²) in [6, 6.07) is 0. The van der Waals surface area contributed by atoms with Gasteiger partial charge in [0.25, 0.3) is 0 Å². The Kier molecular flexibility index (Phi) is 4.32. The Labute approximate surface area is 106 Å². The molecule has 0 aliphatic carbocycles. The van der Waals surface area contributed by atoms with Gasteiger partial charge in [0.15, 0.2) is 0 Å². The van der Waals surface area contributed by atoms with Gasteiger partial charge in [-0.1, -0.05) is 0 Å². The Morgan fingerprint density at radius 1 is 1.33 bits per heavy atom. The average molecular weight is 256 g/mol. The largest absolute Gasteiger partial charge is 0.480 e. The van der Waals surface area contributed by atoms with E-state index in [0.717, 1.165) is 12.8 Å². The molecule has 18 heavy (non-hydrogen) atoms. The normalized spacial score (nSPS) is 20.4. The molecule has 0 bridgehead atoms. The van der Waals surface area contributed by atoms with Crippen molar-refractivity contribution in [3.63, 3.8) is 0 Å². The lowest BCUT2D eigenvalue weighted by Crippen LogP contribution is -2.51. The molecule has 1 aliphatic heterocycles. The van der Waals surface area contributed by atoms with Crippen LogP contribution in [0.25, 0.3) is 0 Å². The zero-order valence-electron chi connectivity index (χ0n) is 11.0. The summed E-state index contributed by atoms with van der Waals surface area (Å²) in [5, 5.41) is 11.6. The maximum absolute atomic E-state index is 12.1. The van der Waals surface area contributed by atoms with Crippen molar-refractivity contribution in [2.75, 3.05) is 20.1 Å². The number of nitrogens with zero attached hydrogens (tertiary/aromatic N) is 1. The number of carboxylic acid groups (broad SMARTS) is 1. The highest BCUT2D eigenvalue weighted by Crippen LogP contribution is 2.24. The first-order valence-corrected chi connectivity index (χ1v) is 6.05. The van der Waals surface area contributed by atoms with Crippen LogP contribution in [0.2, 0.25) is 0 Å². The first-order valence-electron chi connectivity index (χ1n) is 6.05. The number of carbonyl (C=O) groups is 3. The van der Waals surface area contributed by atoms with Gasteiger partial charge in [-0.25, -0.2) is 0 Å². The third kappa shape index (κ3) is 2.80. The summed E-state index contributed by atoms with van der Waals surface area (Å²) < 4.78 is 0. The van der Waals surface area contributed by atoms with E-state index < -0.39 is 17.3 Å². The quantitative estimate of drug-likeness (QED) is 0.700. The van der Waals surface area contributed by atoms with E-state index in [4.69, 9.17) is 5.11 Å². The van der Waals surface area contributed by atoms with E-state index in [1.165, 1.54) is 18.7 Å². The van der Waals surface area contributed by atoms with Gasteiger partial charge in [-0.3, -0.25) is 14.4 Å². The highest BCUT2D eigenvalue weighted by molar-refractivity contribution is 6.01. The van der Waals surface area contributed by atoms with Crippen LogP contribution in [0.3, 0.4) is 0 Å². The lowest BCUT2D eigenvalue weighted by Gasteiger charge is -2.35. The SMILES string of the molecule is CNC(=O)C1CCCN(C(=O)C(C)(C)C(=O)O)C1. The topological polar surface area (TPSA) is 86.7 Å². The fraction of sp³-hybridized carbons (Fsp3) is 0.750. The molecule has 6 heteroatoms. The number of carboxylic acids is 1. The van der Waals surface area contributed by atoms with Crippen LogP contribution >= 0.6 is 0 Å². The molecule has 1 atom stereocenters. The smallest absolute Gasteiger partial charge is 0.318 e. The van der Waals surface area contributed by atoms with E-state index in [1.807, 2.05) is 0 Å². The van der Waals surface area contributed by atoms with Crippen molar-refractivity contribution in [1.82, 2.24) is 10.2 Å². The number of hydrogen-bond acceptors (Lipinski definition) is 3. The Bertz CT molecular complexity index is 365. The molecule has 1 saturated heterocycles. The summed E-state index contributed by atoms with van der Waals surface area (Å²) in [6.45, 7) is 3.60. The van der Waals surface area contributed by atoms with Gasteiger partial charge in [0.2, 0.25) is 11.8 Å². The molecule has 1 heterocycles. The summed E-state index contributed by atoms with van der Waals surface area (Å²) in [6.07, 6.45) is 1.45. The van der Waals surface area contributed by atoms with Crippen molar-refractivity contribution in [2.45, 2.75) is 26.7 Å². The van der Waals surface area contributed by atoms with Gasteiger partial charge in [0.05, 0.1) is 5.92 Å². The van der Waals surface area contributed by atoms with E-state index in [2.05, 4.69) is 5.32 Å². The van der Waals surface area contributed by atoms with Crippen LogP contribution in [0.4, 0.5) is 0 Å². The highest BCUT2D eigenvalue weighted by atomic mass is 16.4. The minimum atomic E-state index is -1.44. The third-order valence-corrected chi connectivity index (χ3v) is 3.40. The Hall–Kier alpha value is -1.59. The molecule has 0 aromatic carbocycles. The third-order valence-electron chi connectivity index (χ3n) is 3.40. The molecule has 2 N–H and O–H groups in total. The van der Waals surface area contributed by atoms with Crippen molar-refractivity contribution >= 4 is 17.8 Å². The van der Waals surface area contributed by atoms with Gasteiger partial charge in [0.1, 0.15) is 5.41 Å². The number of likely N-dealkylation sites (tertiary alicyclic amines) is 1. The molecule has 0 aromatic heterocycles. The van der Waals surface area contributed by atoms with Crippen molar-refractivity contribution in [3.05, 3.63) is 0 Å². The molecule has 1 aliphatic rings. The second kappa shape index (κ2) is 5.37. The van der Waals surface area contributed by atoms with Crippen LogP contribution < -0.4 is 5.32 Å². The molecule has 0 aromatic rings. The lowest BCUT2D eigenvalue weighted by molar-refractivity contribution is -0.159. The fourth-order valence-electron chi connectivity index (χ4n) is 2.07. The predicted molar refractivity (Wildman–Crippen MR) is 64.8 cm³/mol. The van der Waals surface area contributed by atoms with Gasteiger partial charge in [0, 0.05) is 20.1 Å². The fourth-order valence-corrected chi connectivity index (χ4v) is 2.07. The second-order valence-corrected chi connectivity index (χ2v) is 5.13.